The Morgan fingerprint density at radius 2 is 1.81 bits per heavy atom. The van der Waals surface area contributed by atoms with E-state index in [0.717, 1.165) is 47.2 Å². The van der Waals surface area contributed by atoms with Crippen LogP contribution in [0.25, 0.3) is 10.9 Å². The third-order valence-electron chi connectivity index (χ3n) is 5.27. The lowest BCUT2D eigenvalue weighted by atomic mass is 10.00. The molecule has 0 radical (unpaired) electrons. The average molecular weight is 437 g/mol. The molecule has 3 aromatic rings. The minimum atomic E-state index is -0.463. The van der Waals surface area contributed by atoms with Gasteiger partial charge in [-0.15, -0.1) is 0 Å². The monoisotopic (exact) mass is 436 g/mol. The number of hydrogen-bond acceptors (Lipinski definition) is 7. The van der Waals surface area contributed by atoms with E-state index in [0.29, 0.717) is 17.2 Å². The Labute approximate surface area is 187 Å². The number of fused-ring (bicyclic) bond motifs is 2. The molecule has 0 saturated carbocycles. The molecule has 8 heteroatoms. The first-order valence-corrected chi connectivity index (χ1v) is 10.6. The number of aromatic nitrogens is 2. The van der Waals surface area contributed by atoms with E-state index in [4.69, 9.17) is 14.2 Å². The van der Waals surface area contributed by atoms with Gasteiger partial charge in [-0.25, -0.2) is 4.79 Å². The quantitative estimate of drug-likeness (QED) is 0.639. The number of carbonyl (C=O) groups is 1. The number of hydrogen-bond donors (Lipinski definition) is 1. The Hall–Kier alpha value is -3.55. The molecule has 1 N–H and O–H groups in total. The second-order valence-corrected chi connectivity index (χ2v) is 8.76. The number of benzene rings is 2. The third kappa shape index (κ3) is 4.39. The highest BCUT2D eigenvalue weighted by Crippen LogP contribution is 2.40. The maximum atomic E-state index is 12.2. The lowest BCUT2D eigenvalue weighted by Crippen LogP contribution is -2.42. The van der Waals surface area contributed by atoms with Gasteiger partial charge in [-0.05, 0) is 63.4 Å². The summed E-state index contributed by atoms with van der Waals surface area (Å²) in [6, 6.07) is 9.51. The van der Waals surface area contributed by atoms with Gasteiger partial charge in [0.1, 0.15) is 5.75 Å². The summed E-state index contributed by atoms with van der Waals surface area (Å²) in [6.07, 6.45) is 3.17. The van der Waals surface area contributed by atoms with Gasteiger partial charge in [0.25, 0.3) is 0 Å². The van der Waals surface area contributed by atoms with Crippen molar-refractivity contribution in [1.82, 2.24) is 15.5 Å². The fraction of sp³-hybridized carbons (Fsp3) is 0.375. The maximum absolute atomic E-state index is 12.2. The summed E-state index contributed by atoms with van der Waals surface area (Å²) >= 11 is 0. The molecule has 0 fully saturated rings. The topological polar surface area (TPSA) is 85.8 Å². The standard InChI is InChI=1S/C24H28N4O4/c1-24(2,3)26-23(29)32-16-8-9-19-15(11-16)7-6-10-28(19)20-14-25-27-18-13-22(31-5)21(30-4)12-17(18)20/h8-9,11-14H,6-7,10H2,1-5H3,(H,26,29). The van der Waals surface area contributed by atoms with Crippen molar-refractivity contribution < 1.29 is 19.0 Å². The van der Waals surface area contributed by atoms with Gasteiger partial charge in [-0.2, -0.15) is 10.2 Å². The van der Waals surface area contributed by atoms with Gasteiger partial charge in [0.15, 0.2) is 11.5 Å². The lowest BCUT2D eigenvalue weighted by Gasteiger charge is -2.32. The molecule has 4 rings (SSSR count). The molecule has 32 heavy (non-hydrogen) atoms. The van der Waals surface area contributed by atoms with Crippen molar-refractivity contribution in [3.05, 3.63) is 42.1 Å². The fourth-order valence-electron chi connectivity index (χ4n) is 3.91. The van der Waals surface area contributed by atoms with Gasteiger partial charge in [-0.3, -0.25) is 0 Å². The summed E-state index contributed by atoms with van der Waals surface area (Å²) in [5.74, 6) is 1.78. The summed E-state index contributed by atoms with van der Waals surface area (Å²) in [5.41, 5.74) is 3.48. The molecule has 0 unspecified atom stereocenters. The molecule has 1 aliphatic heterocycles. The number of rotatable bonds is 4. The number of nitrogens with zero attached hydrogens (tertiary/aromatic N) is 3. The lowest BCUT2D eigenvalue weighted by molar-refractivity contribution is 0.190. The number of anilines is 2. The molecule has 1 aliphatic rings. The second kappa shape index (κ2) is 8.53. The zero-order valence-electron chi connectivity index (χ0n) is 19.1. The highest BCUT2D eigenvalue weighted by atomic mass is 16.6. The Morgan fingerprint density at radius 1 is 1.06 bits per heavy atom. The summed E-state index contributed by atoms with van der Waals surface area (Å²) in [7, 11) is 3.22. The first-order valence-electron chi connectivity index (χ1n) is 10.6. The van der Waals surface area contributed by atoms with Crippen molar-refractivity contribution in [2.45, 2.75) is 39.2 Å². The Bertz CT molecular complexity index is 1160. The minimum absolute atomic E-state index is 0.360. The van der Waals surface area contributed by atoms with E-state index in [1.807, 2.05) is 51.1 Å². The van der Waals surface area contributed by atoms with Gasteiger partial charge in [-0.1, -0.05) is 0 Å². The van der Waals surface area contributed by atoms with Crippen LogP contribution < -0.4 is 24.4 Å². The predicted molar refractivity (Wildman–Crippen MR) is 123 cm³/mol. The molecule has 0 spiro atoms. The highest BCUT2D eigenvalue weighted by molar-refractivity contribution is 5.95. The van der Waals surface area contributed by atoms with E-state index in [-0.39, 0.29) is 5.54 Å². The molecule has 0 atom stereocenters. The summed E-state index contributed by atoms with van der Waals surface area (Å²) < 4.78 is 16.4. The van der Waals surface area contributed by atoms with Crippen LogP contribution >= 0.6 is 0 Å². The van der Waals surface area contributed by atoms with E-state index in [2.05, 4.69) is 20.4 Å². The van der Waals surface area contributed by atoms with Crippen LogP contribution in [-0.2, 0) is 6.42 Å². The fourth-order valence-corrected chi connectivity index (χ4v) is 3.91. The Morgan fingerprint density at radius 3 is 2.53 bits per heavy atom. The normalized spacial score (nSPS) is 13.5. The summed E-state index contributed by atoms with van der Waals surface area (Å²) in [4.78, 5) is 14.4. The van der Waals surface area contributed by atoms with Gasteiger partial charge < -0.3 is 24.4 Å². The van der Waals surface area contributed by atoms with Crippen LogP contribution in [0.1, 0.15) is 32.8 Å². The molecule has 0 saturated heterocycles. The number of nitrogens with one attached hydrogen (secondary N) is 1. The SMILES string of the molecule is COc1cc2nncc(N3CCCc4cc(OC(=O)NC(C)(C)C)ccc43)c2cc1OC. The van der Waals surface area contributed by atoms with Crippen LogP contribution in [0.3, 0.4) is 0 Å². The second-order valence-electron chi connectivity index (χ2n) is 8.76. The zero-order valence-corrected chi connectivity index (χ0v) is 19.1. The number of aryl methyl sites for hydroxylation is 1. The van der Waals surface area contributed by atoms with Crippen molar-refractivity contribution in [3.8, 4) is 17.2 Å². The molecule has 0 bridgehead atoms. The average Bonchev–Trinajstić information content (AvgIpc) is 2.75. The van der Waals surface area contributed by atoms with Crippen molar-refractivity contribution in [2.24, 2.45) is 0 Å². The van der Waals surface area contributed by atoms with Crippen LogP contribution in [0, 0.1) is 0 Å². The molecule has 1 amide bonds. The molecule has 168 valence electrons. The zero-order chi connectivity index (χ0) is 22.9. The number of ether oxygens (including phenoxy) is 3. The first-order chi connectivity index (χ1) is 15.3. The summed E-state index contributed by atoms with van der Waals surface area (Å²) in [6.45, 7) is 6.58. The smallest absolute Gasteiger partial charge is 0.413 e. The third-order valence-corrected chi connectivity index (χ3v) is 5.27. The molecular formula is C24H28N4O4. The van der Waals surface area contributed by atoms with Gasteiger partial charge >= 0.3 is 6.09 Å². The molecule has 0 aliphatic carbocycles. The highest BCUT2D eigenvalue weighted by Gasteiger charge is 2.23. The van der Waals surface area contributed by atoms with Crippen LogP contribution in [0.5, 0.6) is 17.2 Å². The van der Waals surface area contributed by atoms with Crippen LogP contribution in [0.4, 0.5) is 16.2 Å². The molecular weight excluding hydrogens is 408 g/mol. The minimum Gasteiger partial charge on any atom is -0.493 e. The van der Waals surface area contributed by atoms with E-state index >= 15 is 0 Å². The summed E-state index contributed by atoms with van der Waals surface area (Å²) in [5, 5.41) is 12.2. The van der Waals surface area contributed by atoms with E-state index < -0.39 is 6.09 Å². The first kappa shape index (κ1) is 21.7. The maximum Gasteiger partial charge on any atom is 0.413 e. The van der Waals surface area contributed by atoms with E-state index in [9.17, 15) is 4.79 Å². The molecule has 8 nitrogen and oxygen atoms in total. The van der Waals surface area contributed by atoms with Crippen molar-refractivity contribution >= 4 is 28.4 Å². The number of amides is 1. The van der Waals surface area contributed by atoms with Crippen molar-refractivity contribution in [1.29, 1.82) is 0 Å². The molecule has 1 aromatic heterocycles. The molecule has 2 aromatic carbocycles. The Balaban J connectivity index is 1.69. The van der Waals surface area contributed by atoms with Gasteiger partial charge in [0.2, 0.25) is 0 Å². The van der Waals surface area contributed by atoms with Crippen LogP contribution in [0.2, 0.25) is 0 Å². The number of methoxy groups -OCH3 is 2. The van der Waals surface area contributed by atoms with Crippen molar-refractivity contribution in [3.63, 3.8) is 0 Å². The van der Waals surface area contributed by atoms with E-state index in [1.54, 1.807) is 20.4 Å². The van der Waals surface area contributed by atoms with Crippen LogP contribution in [-0.4, -0.2) is 42.6 Å². The predicted octanol–water partition coefficient (Wildman–Crippen LogP) is 4.62. The number of carbonyl (C=O) groups excluding carboxylic acids is 1. The van der Waals surface area contributed by atoms with Crippen LogP contribution in [0.15, 0.2) is 36.5 Å². The Kier molecular flexibility index (Phi) is 5.78. The van der Waals surface area contributed by atoms with Gasteiger partial charge in [0, 0.05) is 29.2 Å². The molecule has 2 heterocycles. The largest absolute Gasteiger partial charge is 0.493 e. The van der Waals surface area contributed by atoms with Crippen molar-refractivity contribution in [2.75, 3.05) is 25.7 Å². The van der Waals surface area contributed by atoms with E-state index in [1.165, 1.54) is 0 Å². The van der Waals surface area contributed by atoms with Gasteiger partial charge in [0.05, 0.1) is 31.6 Å².